The zero-order chi connectivity index (χ0) is 26.7. The number of tetrazole rings is 1. The van der Waals surface area contributed by atoms with Crippen LogP contribution in [0.3, 0.4) is 0 Å². The Morgan fingerprint density at radius 3 is 2.55 bits per heavy atom. The zero-order valence-corrected chi connectivity index (χ0v) is 23.3. The van der Waals surface area contributed by atoms with Gasteiger partial charge in [0.2, 0.25) is 0 Å². The van der Waals surface area contributed by atoms with Gasteiger partial charge in [0, 0.05) is 31.5 Å². The molecule has 200 valence electrons. The molecule has 2 N–H and O–H groups in total. The fraction of sp³-hybridized carbons (Fsp3) is 0. The predicted molar refractivity (Wildman–Crippen MR) is 148 cm³/mol. The molecule has 13 nitrogen and oxygen atoms in total. The van der Waals surface area contributed by atoms with Crippen LogP contribution < -0.4 is 9.84 Å². The first kappa shape index (κ1) is 23.3. The highest BCUT2D eigenvalue weighted by atomic mass is 32.4. The van der Waals surface area contributed by atoms with E-state index in [1.165, 1.54) is 46.7 Å². The largest absolute Gasteiger partial charge is 0.458 e. The number of thiazole rings is 1. The van der Waals surface area contributed by atoms with Crippen molar-refractivity contribution in [1.82, 2.24) is 45.5 Å². The Balaban J connectivity index is 1.80. The first-order valence-electron chi connectivity index (χ1n) is 11.6. The van der Waals surface area contributed by atoms with Crippen LogP contribution in [0.15, 0.2) is 117 Å². The number of hydrogen-bond donors (Lipinski definition) is 2. The van der Waals surface area contributed by atoms with Crippen LogP contribution in [-0.2, 0) is 0 Å². The SMILES string of the molecule is c1coc(S2(c3ccon3)(c3ncco3)(c3cccs3)C(c3nccs3)=C(c3ccsn3)NN2c2nn[nH]n2)c1. The number of hydrazine groups is 1. The third kappa shape index (κ3) is 2.27. The number of aromatic nitrogens is 8. The maximum Gasteiger partial charge on any atom is 0.293 e. The summed E-state index contributed by atoms with van der Waals surface area (Å²) in [4.78, 5) is 10.5. The second kappa shape index (κ2) is 7.98. The van der Waals surface area contributed by atoms with Crippen molar-refractivity contribution in [2.24, 2.45) is 0 Å². The molecule has 8 rings (SSSR count). The van der Waals surface area contributed by atoms with Crippen LogP contribution in [-0.4, -0.2) is 40.1 Å². The summed E-state index contributed by atoms with van der Waals surface area (Å²) in [6.45, 7) is 0. The zero-order valence-electron chi connectivity index (χ0n) is 20.0. The Morgan fingerprint density at radius 1 is 0.900 bits per heavy atom. The molecule has 0 saturated carbocycles. The lowest BCUT2D eigenvalue weighted by molar-refractivity contribution is 0.391. The summed E-state index contributed by atoms with van der Waals surface area (Å²) in [6.07, 6.45) is 7.97. The van der Waals surface area contributed by atoms with E-state index in [9.17, 15) is 0 Å². The van der Waals surface area contributed by atoms with Crippen molar-refractivity contribution in [3.05, 3.63) is 94.4 Å². The van der Waals surface area contributed by atoms with Gasteiger partial charge in [-0.2, -0.15) is 14.0 Å². The van der Waals surface area contributed by atoms with E-state index in [2.05, 4.69) is 26.0 Å². The van der Waals surface area contributed by atoms with E-state index in [4.69, 9.17) is 32.9 Å². The molecule has 0 radical (unpaired) electrons. The highest BCUT2D eigenvalue weighted by Gasteiger charge is 2.85. The Kier molecular flexibility index (Phi) is 4.65. The summed E-state index contributed by atoms with van der Waals surface area (Å²) in [5, 5.41) is 27.8. The summed E-state index contributed by atoms with van der Waals surface area (Å²) in [5.41, 5.74) is 4.89. The molecule has 8 heterocycles. The van der Waals surface area contributed by atoms with Crippen LogP contribution in [0.1, 0.15) is 10.7 Å². The van der Waals surface area contributed by atoms with E-state index in [1.807, 2.05) is 50.9 Å². The number of nitrogens with zero attached hydrogens (tertiary/aromatic N) is 8. The predicted octanol–water partition coefficient (Wildman–Crippen LogP) is 5.62. The number of aromatic amines is 1. The van der Waals surface area contributed by atoms with Crippen LogP contribution in [0.2, 0.25) is 0 Å². The normalized spacial score (nSPS) is 19.1. The molecule has 7 aromatic rings. The fourth-order valence-corrected chi connectivity index (χ4v) is 17.3. The quantitative estimate of drug-likeness (QED) is 0.230. The van der Waals surface area contributed by atoms with Crippen molar-refractivity contribution in [2.45, 2.75) is 19.6 Å². The third-order valence-corrected chi connectivity index (χ3v) is 17.8. The molecule has 1 aliphatic heterocycles. The Hall–Kier alpha value is -4.58. The molecule has 0 aliphatic carbocycles. The van der Waals surface area contributed by atoms with Gasteiger partial charge in [-0.05, 0) is 46.4 Å². The molecule has 0 spiro atoms. The summed E-state index contributed by atoms with van der Waals surface area (Å²) in [7, 11) is -5.27. The average Bonchev–Trinajstić information content (AvgIpc) is 3.84. The lowest BCUT2D eigenvalue weighted by Crippen LogP contribution is -2.54. The molecule has 40 heavy (non-hydrogen) atoms. The van der Waals surface area contributed by atoms with Gasteiger partial charge in [-0.1, -0.05) is 16.3 Å². The number of nitrogens with one attached hydrogen (secondary N) is 2. The van der Waals surface area contributed by atoms with E-state index in [0.29, 0.717) is 31.4 Å². The van der Waals surface area contributed by atoms with Crippen LogP contribution in [0, 0.1) is 0 Å². The van der Waals surface area contributed by atoms with Crippen LogP contribution >= 0.6 is 42.7 Å². The van der Waals surface area contributed by atoms with Crippen LogP contribution in [0.25, 0.3) is 10.6 Å². The summed E-state index contributed by atoms with van der Waals surface area (Å²) >= 11 is 4.25. The molecule has 17 heteroatoms. The minimum atomic E-state index is -5.27. The van der Waals surface area contributed by atoms with Crippen LogP contribution in [0.4, 0.5) is 5.95 Å². The number of H-pyrrole nitrogens is 1. The fourth-order valence-electron chi connectivity index (χ4n) is 5.60. The topological polar surface area (TPSA) is 161 Å². The second-order valence-electron chi connectivity index (χ2n) is 8.52. The molecular formula is C23H16N10O3S4. The van der Waals surface area contributed by atoms with Crippen molar-refractivity contribution in [3.63, 3.8) is 0 Å². The van der Waals surface area contributed by atoms with Crippen molar-refractivity contribution < 1.29 is 13.4 Å². The van der Waals surface area contributed by atoms with Crippen molar-refractivity contribution >= 4 is 59.2 Å². The van der Waals surface area contributed by atoms with E-state index < -0.39 is 8.48 Å². The smallest absolute Gasteiger partial charge is 0.293 e. The van der Waals surface area contributed by atoms with Crippen molar-refractivity contribution in [3.8, 4) is 0 Å². The number of oxazole rings is 1. The molecule has 1 aliphatic rings. The number of anilines is 1. The molecule has 0 unspecified atom stereocenters. The number of furan rings is 1. The second-order valence-corrected chi connectivity index (χ2v) is 16.6. The number of hydrogen-bond acceptors (Lipinski definition) is 15. The molecule has 0 aromatic carbocycles. The molecule has 0 bridgehead atoms. The third-order valence-electron chi connectivity index (χ3n) is 6.97. The maximum absolute atomic E-state index is 6.56. The minimum Gasteiger partial charge on any atom is -0.458 e. The van der Waals surface area contributed by atoms with Gasteiger partial charge in [-0.3, -0.25) is 5.43 Å². The lowest BCUT2D eigenvalue weighted by atomic mass is 10.3. The summed E-state index contributed by atoms with van der Waals surface area (Å²) in [6, 6.07) is 11.4. The number of thiophene rings is 1. The van der Waals surface area contributed by atoms with E-state index in [1.54, 1.807) is 24.7 Å². The first-order valence-corrected chi connectivity index (χ1v) is 16.6. The van der Waals surface area contributed by atoms with Gasteiger partial charge < -0.3 is 13.4 Å². The van der Waals surface area contributed by atoms with Gasteiger partial charge in [0.05, 0.1) is 27.3 Å². The molecule has 7 aromatic heterocycles. The van der Waals surface area contributed by atoms with Gasteiger partial charge >= 0.3 is 0 Å². The average molecular weight is 609 g/mol. The highest BCUT2D eigenvalue weighted by Crippen LogP contribution is 3.13. The highest BCUT2D eigenvalue weighted by molar-refractivity contribution is 8.72. The van der Waals surface area contributed by atoms with E-state index >= 15 is 0 Å². The molecule has 0 fully saturated rings. The van der Waals surface area contributed by atoms with Gasteiger partial charge in [0.15, 0.2) is 5.09 Å². The van der Waals surface area contributed by atoms with Gasteiger partial charge in [-0.25, -0.2) is 9.97 Å². The Bertz CT molecular complexity index is 1760. The molecular weight excluding hydrogens is 593 g/mol. The monoisotopic (exact) mass is 608 g/mol. The minimum absolute atomic E-state index is 0.173. The van der Waals surface area contributed by atoms with Gasteiger partial charge in [-0.15, -0.1) is 27.8 Å². The van der Waals surface area contributed by atoms with Gasteiger partial charge in [0.1, 0.15) is 28.3 Å². The molecule has 0 atom stereocenters. The standard InChI is InChI=1S/C23H16N10O3S4/c1-3-17(34-9-1)40(16-5-10-36-29-16,18-4-2-12-37-18,23-25-7-11-35-23)20(21-24-8-14-38-21)19(15-6-13-39-30-15)28-33(40)22-26-31-32-27-22/h1-14,28H,(H,26,27,31,32). The first-order chi connectivity index (χ1) is 19.8. The molecule has 0 amide bonds. The lowest BCUT2D eigenvalue weighted by Gasteiger charge is -2.72. The Labute approximate surface area is 235 Å². The molecule has 0 saturated heterocycles. The van der Waals surface area contributed by atoms with Crippen molar-refractivity contribution in [1.29, 1.82) is 0 Å². The summed E-state index contributed by atoms with van der Waals surface area (Å²) < 4.78 is 26.0. The van der Waals surface area contributed by atoms with Crippen LogP contribution in [0.5, 0.6) is 0 Å². The van der Waals surface area contributed by atoms with E-state index in [0.717, 1.165) is 4.21 Å². The summed E-state index contributed by atoms with van der Waals surface area (Å²) in [5.74, 6) is 0.173. The van der Waals surface area contributed by atoms with Gasteiger partial charge in [0.25, 0.3) is 11.2 Å². The number of rotatable bonds is 7. The maximum atomic E-state index is 6.56. The Morgan fingerprint density at radius 2 is 1.90 bits per heavy atom. The van der Waals surface area contributed by atoms with E-state index in [-0.39, 0.29) is 11.2 Å². The van der Waals surface area contributed by atoms with Crippen molar-refractivity contribution in [2.75, 3.05) is 4.41 Å².